The molecule has 2 rings (SSSR count). The average Bonchev–Trinajstić information content (AvgIpc) is 2.81. The molecule has 0 bridgehead atoms. The van der Waals surface area contributed by atoms with E-state index >= 15 is 0 Å². The normalized spacial score (nSPS) is 30.8. The Bertz CT molecular complexity index is 278. The van der Waals surface area contributed by atoms with E-state index < -0.39 is 5.67 Å². The van der Waals surface area contributed by atoms with Crippen LogP contribution in [-0.4, -0.2) is 13.1 Å². The molecule has 0 amide bonds. The second kappa shape index (κ2) is 3.64. The molecule has 0 aromatic heterocycles. The van der Waals surface area contributed by atoms with Crippen molar-refractivity contribution in [3.8, 4) is 0 Å². The van der Waals surface area contributed by atoms with Gasteiger partial charge in [-0.15, -0.1) is 12.4 Å². The van der Waals surface area contributed by atoms with Crippen LogP contribution in [0.25, 0.3) is 0 Å². The molecule has 0 radical (unpaired) electrons. The summed E-state index contributed by atoms with van der Waals surface area (Å²) in [6, 6.07) is 9.36. The first-order valence-electron chi connectivity index (χ1n) is 4.19. The van der Waals surface area contributed by atoms with Gasteiger partial charge in [-0.1, -0.05) is 30.3 Å². The number of hydrogen-bond donors (Lipinski definition) is 1. The van der Waals surface area contributed by atoms with E-state index in [1.54, 1.807) is 7.05 Å². The molecule has 0 aliphatic heterocycles. The second-order valence-corrected chi connectivity index (χ2v) is 3.27. The molecule has 0 heterocycles. The standard InChI is InChI=1S/C10H12FN.ClH/c1-12-9-7-10(9,11)8-5-3-2-4-6-8;/h2-6,9,12H,7H2,1H3;1H. The SMILES string of the molecule is CNC1CC1(F)c1ccccc1.Cl. The number of nitrogens with one attached hydrogen (secondary N) is 1. The highest BCUT2D eigenvalue weighted by atomic mass is 35.5. The van der Waals surface area contributed by atoms with Crippen LogP contribution in [0.15, 0.2) is 30.3 Å². The van der Waals surface area contributed by atoms with E-state index in [1.165, 1.54) is 0 Å². The third-order valence-corrected chi connectivity index (χ3v) is 2.50. The third-order valence-electron chi connectivity index (χ3n) is 2.50. The molecular formula is C10H13ClFN. The minimum atomic E-state index is -1.10. The predicted octanol–water partition coefficient (Wildman–Crippen LogP) is 2.26. The van der Waals surface area contributed by atoms with Gasteiger partial charge in [0.15, 0.2) is 5.67 Å². The summed E-state index contributed by atoms with van der Waals surface area (Å²) in [6.45, 7) is 0. The first kappa shape index (κ1) is 10.5. The number of benzene rings is 1. The quantitative estimate of drug-likeness (QED) is 0.774. The van der Waals surface area contributed by atoms with Crippen LogP contribution >= 0.6 is 12.4 Å². The van der Waals surface area contributed by atoms with Gasteiger partial charge in [0.2, 0.25) is 0 Å². The van der Waals surface area contributed by atoms with Gasteiger partial charge in [0, 0.05) is 12.5 Å². The van der Waals surface area contributed by atoms with Gasteiger partial charge < -0.3 is 5.32 Å². The maximum absolute atomic E-state index is 13.8. The smallest absolute Gasteiger partial charge is 0.152 e. The summed E-state index contributed by atoms with van der Waals surface area (Å²) in [4.78, 5) is 0. The Morgan fingerprint density at radius 1 is 1.38 bits per heavy atom. The lowest BCUT2D eigenvalue weighted by Gasteiger charge is -2.06. The summed E-state index contributed by atoms with van der Waals surface area (Å²) < 4.78 is 13.8. The molecule has 1 aromatic rings. The van der Waals surface area contributed by atoms with Crippen molar-refractivity contribution in [1.82, 2.24) is 5.32 Å². The zero-order chi connectivity index (χ0) is 8.60. The molecule has 72 valence electrons. The zero-order valence-electron chi connectivity index (χ0n) is 7.46. The topological polar surface area (TPSA) is 12.0 Å². The van der Waals surface area contributed by atoms with Gasteiger partial charge in [0.25, 0.3) is 0 Å². The summed E-state index contributed by atoms with van der Waals surface area (Å²) in [6.07, 6.45) is 0.605. The molecule has 2 atom stereocenters. The molecule has 13 heavy (non-hydrogen) atoms. The summed E-state index contributed by atoms with van der Waals surface area (Å²) in [5.41, 5.74) is -0.305. The van der Waals surface area contributed by atoms with Crippen LogP contribution in [0.3, 0.4) is 0 Å². The molecule has 1 aromatic carbocycles. The first-order chi connectivity index (χ1) is 5.77. The van der Waals surface area contributed by atoms with Crippen molar-refractivity contribution >= 4 is 12.4 Å². The van der Waals surface area contributed by atoms with Crippen LogP contribution in [0.5, 0.6) is 0 Å². The monoisotopic (exact) mass is 201 g/mol. The van der Waals surface area contributed by atoms with Crippen molar-refractivity contribution < 1.29 is 4.39 Å². The highest BCUT2D eigenvalue weighted by molar-refractivity contribution is 5.85. The van der Waals surface area contributed by atoms with E-state index in [1.807, 2.05) is 30.3 Å². The van der Waals surface area contributed by atoms with Gasteiger partial charge >= 0.3 is 0 Å². The number of rotatable bonds is 2. The first-order valence-corrected chi connectivity index (χ1v) is 4.19. The fraction of sp³-hybridized carbons (Fsp3) is 0.400. The van der Waals surface area contributed by atoms with Crippen molar-refractivity contribution in [2.24, 2.45) is 0 Å². The van der Waals surface area contributed by atoms with Crippen LogP contribution in [-0.2, 0) is 5.67 Å². The summed E-state index contributed by atoms with van der Waals surface area (Å²) >= 11 is 0. The van der Waals surface area contributed by atoms with Crippen LogP contribution in [0, 0.1) is 0 Å². The van der Waals surface area contributed by atoms with E-state index in [9.17, 15) is 4.39 Å². The van der Waals surface area contributed by atoms with Gasteiger partial charge in [0.05, 0.1) is 0 Å². The third kappa shape index (κ3) is 1.69. The molecule has 0 spiro atoms. The minimum Gasteiger partial charge on any atom is -0.314 e. The molecule has 3 heteroatoms. The Labute approximate surface area is 83.8 Å². The lowest BCUT2D eigenvalue weighted by Crippen LogP contribution is -2.18. The number of halogens is 2. The molecular weight excluding hydrogens is 189 g/mol. The van der Waals surface area contributed by atoms with Crippen molar-refractivity contribution in [2.45, 2.75) is 18.1 Å². The molecule has 2 unspecified atom stereocenters. The van der Waals surface area contributed by atoms with E-state index in [0.29, 0.717) is 6.42 Å². The Morgan fingerprint density at radius 2 is 2.00 bits per heavy atom. The Hall–Kier alpha value is -0.600. The molecule has 1 saturated carbocycles. The van der Waals surface area contributed by atoms with Gasteiger partial charge in [-0.05, 0) is 12.6 Å². The van der Waals surface area contributed by atoms with E-state index in [-0.39, 0.29) is 18.4 Å². The molecule has 0 saturated heterocycles. The second-order valence-electron chi connectivity index (χ2n) is 3.27. The Kier molecular flexibility index (Phi) is 2.94. The Morgan fingerprint density at radius 3 is 2.46 bits per heavy atom. The Balaban J connectivity index is 0.000000845. The van der Waals surface area contributed by atoms with Crippen molar-refractivity contribution in [2.75, 3.05) is 7.05 Å². The fourth-order valence-electron chi connectivity index (χ4n) is 1.60. The number of hydrogen-bond acceptors (Lipinski definition) is 1. The summed E-state index contributed by atoms with van der Waals surface area (Å²) in [5.74, 6) is 0. The molecule has 1 aliphatic rings. The summed E-state index contributed by atoms with van der Waals surface area (Å²) in [5, 5.41) is 2.95. The maximum Gasteiger partial charge on any atom is 0.152 e. The number of likely N-dealkylation sites (N-methyl/N-ethyl adjacent to an activating group) is 1. The van der Waals surface area contributed by atoms with Crippen molar-refractivity contribution in [1.29, 1.82) is 0 Å². The minimum absolute atomic E-state index is 0. The van der Waals surface area contributed by atoms with Crippen LogP contribution in [0.2, 0.25) is 0 Å². The van der Waals surface area contributed by atoms with Gasteiger partial charge in [-0.25, -0.2) is 4.39 Å². The van der Waals surface area contributed by atoms with E-state index in [4.69, 9.17) is 0 Å². The highest BCUT2D eigenvalue weighted by Gasteiger charge is 2.55. The zero-order valence-corrected chi connectivity index (χ0v) is 8.27. The van der Waals surface area contributed by atoms with Crippen LogP contribution < -0.4 is 5.32 Å². The van der Waals surface area contributed by atoms with Crippen molar-refractivity contribution in [3.63, 3.8) is 0 Å². The molecule has 1 N–H and O–H groups in total. The van der Waals surface area contributed by atoms with Gasteiger partial charge in [-0.3, -0.25) is 0 Å². The molecule has 1 nitrogen and oxygen atoms in total. The number of alkyl halides is 1. The molecule has 1 fully saturated rings. The lowest BCUT2D eigenvalue weighted by atomic mass is 10.1. The van der Waals surface area contributed by atoms with Gasteiger partial charge in [0.1, 0.15) is 0 Å². The van der Waals surface area contributed by atoms with Crippen LogP contribution in [0.1, 0.15) is 12.0 Å². The lowest BCUT2D eigenvalue weighted by molar-refractivity contribution is 0.297. The van der Waals surface area contributed by atoms with Gasteiger partial charge in [-0.2, -0.15) is 0 Å². The average molecular weight is 202 g/mol. The highest BCUT2D eigenvalue weighted by Crippen LogP contribution is 2.49. The largest absolute Gasteiger partial charge is 0.314 e. The van der Waals surface area contributed by atoms with Crippen LogP contribution in [0.4, 0.5) is 4.39 Å². The predicted molar refractivity (Wildman–Crippen MR) is 53.9 cm³/mol. The fourth-order valence-corrected chi connectivity index (χ4v) is 1.60. The van der Waals surface area contributed by atoms with Crippen molar-refractivity contribution in [3.05, 3.63) is 35.9 Å². The van der Waals surface area contributed by atoms with E-state index in [0.717, 1.165) is 5.56 Å². The van der Waals surface area contributed by atoms with E-state index in [2.05, 4.69) is 5.32 Å². The summed E-state index contributed by atoms with van der Waals surface area (Å²) in [7, 11) is 1.80. The molecule has 1 aliphatic carbocycles. The maximum atomic E-state index is 13.8.